The van der Waals surface area contributed by atoms with Crippen LogP contribution >= 0.6 is 0 Å². The standard InChI is InChI=1S/C14H18N2O5S/c1-15-12(17)10-4-6-11(7-5-10)22(20,21)16-14(13(18)19)8-2-3-9-14/h4-7,16H,2-3,8-9H2,1H3,(H,15,17)(H,18,19). The molecule has 0 heterocycles. The summed E-state index contributed by atoms with van der Waals surface area (Å²) in [4.78, 5) is 22.8. The maximum atomic E-state index is 12.4. The molecule has 2 rings (SSSR count). The summed E-state index contributed by atoms with van der Waals surface area (Å²) in [6.45, 7) is 0. The minimum Gasteiger partial charge on any atom is -0.480 e. The zero-order chi connectivity index (χ0) is 16.4. The van der Waals surface area contributed by atoms with E-state index in [9.17, 15) is 23.1 Å². The maximum Gasteiger partial charge on any atom is 0.324 e. The lowest BCUT2D eigenvalue weighted by molar-refractivity contribution is -0.143. The zero-order valence-electron chi connectivity index (χ0n) is 12.1. The monoisotopic (exact) mass is 326 g/mol. The molecular weight excluding hydrogens is 308 g/mol. The number of aliphatic carboxylic acids is 1. The highest BCUT2D eigenvalue weighted by Gasteiger charge is 2.44. The fourth-order valence-corrected chi connectivity index (χ4v) is 4.00. The van der Waals surface area contributed by atoms with E-state index in [-0.39, 0.29) is 23.6 Å². The Morgan fingerprint density at radius 2 is 1.68 bits per heavy atom. The molecule has 3 N–H and O–H groups in total. The van der Waals surface area contributed by atoms with Crippen molar-refractivity contribution in [2.24, 2.45) is 0 Å². The highest BCUT2D eigenvalue weighted by atomic mass is 32.2. The molecule has 120 valence electrons. The number of carbonyl (C=O) groups excluding carboxylic acids is 1. The van der Waals surface area contributed by atoms with Crippen LogP contribution in [-0.4, -0.2) is 38.0 Å². The highest BCUT2D eigenvalue weighted by molar-refractivity contribution is 7.89. The average molecular weight is 326 g/mol. The molecule has 0 radical (unpaired) electrons. The van der Waals surface area contributed by atoms with E-state index in [0.717, 1.165) is 0 Å². The molecule has 0 spiro atoms. The molecule has 0 aliphatic heterocycles. The summed E-state index contributed by atoms with van der Waals surface area (Å²) in [7, 11) is -2.48. The predicted octanol–water partition coefficient (Wildman–Crippen LogP) is 0.722. The van der Waals surface area contributed by atoms with Crippen LogP contribution in [-0.2, 0) is 14.8 Å². The Balaban J connectivity index is 2.27. The molecule has 7 nitrogen and oxygen atoms in total. The minimum atomic E-state index is -3.96. The predicted molar refractivity (Wildman–Crippen MR) is 79.0 cm³/mol. The zero-order valence-corrected chi connectivity index (χ0v) is 12.9. The van der Waals surface area contributed by atoms with Crippen molar-refractivity contribution in [3.63, 3.8) is 0 Å². The number of amides is 1. The van der Waals surface area contributed by atoms with Crippen LogP contribution in [0.25, 0.3) is 0 Å². The molecule has 0 unspecified atom stereocenters. The molecule has 0 aromatic heterocycles. The number of rotatable bonds is 5. The molecule has 8 heteroatoms. The van der Waals surface area contributed by atoms with E-state index in [0.29, 0.717) is 18.4 Å². The highest BCUT2D eigenvalue weighted by Crippen LogP contribution is 2.31. The normalized spacial score (nSPS) is 17.1. The summed E-state index contributed by atoms with van der Waals surface area (Å²) in [5, 5.41) is 11.8. The molecule has 1 fully saturated rings. The van der Waals surface area contributed by atoms with Crippen LogP contribution in [0.2, 0.25) is 0 Å². The number of hydrogen-bond donors (Lipinski definition) is 3. The van der Waals surface area contributed by atoms with E-state index in [1.165, 1.54) is 31.3 Å². The summed E-state index contributed by atoms with van der Waals surface area (Å²) in [6.07, 6.45) is 1.89. The Morgan fingerprint density at radius 1 is 1.14 bits per heavy atom. The lowest BCUT2D eigenvalue weighted by Crippen LogP contribution is -2.52. The van der Waals surface area contributed by atoms with Crippen molar-refractivity contribution in [1.82, 2.24) is 10.0 Å². The molecule has 1 aliphatic rings. The SMILES string of the molecule is CNC(=O)c1ccc(S(=O)(=O)NC2(C(=O)O)CCCC2)cc1. The number of carboxylic acid groups (broad SMARTS) is 1. The lowest BCUT2D eigenvalue weighted by atomic mass is 10.0. The third-order valence-corrected chi connectivity index (χ3v) is 5.40. The van der Waals surface area contributed by atoms with E-state index in [4.69, 9.17) is 0 Å². The van der Waals surface area contributed by atoms with Crippen LogP contribution in [0.4, 0.5) is 0 Å². The quantitative estimate of drug-likeness (QED) is 0.738. The summed E-state index contributed by atoms with van der Waals surface area (Å²) in [5.41, 5.74) is -1.10. The second-order valence-electron chi connectivity index (χ2n) is 5.30. The van der Waals surface area contributed by atoms with Crippen molar-refractivity contribution in [2.75, 3.05) is 7.05 Å². The molecule has 22 heavy (non-hydrogen) atoms. The number of sulfonamides is 1. The molecule has 0 bridgehead atoms. The van der Waals surface area contributed by atoms with Gasteiger partial charge >= 0.3 is 5.97 Å². The number of benzene rings is 1. The second-order valence-corrected chi connectivity index (χ2v) is 6.99. The first kappa shape index (κ1) is 16.4. The van der Waals surface area contributed by atoms with Gasteiger partial charge in [-0.15, -0.1) is 0 Å². The van der Waals surface area contributed by atoms with E-state index < -0.39 is 21.5 Å². The third kappa shape index (κ3) is 3.12. The van der Waals surface area contributed by atoms with Crippen LogP contribution < -0.4 is 10.0 Å². The van der Waals surface area contributed by atoms with Gasteiger partial charge in [0.2, 0.25) is 10.0 Å². The summed E-state index contributed by atoms with van der Waals surface area (Å²) >= 11 is 0. The molecular formula is C14H18N2O5S. The lowest BCUT2D eigenvalue weighted by Gasteiger charge is -2.25. The van der Waals surface area contributed by atoms with Crippen molar-refractivity contribution in [1.29, 1.82) is 0 Å². The molecule has 0 saturated heterocycles. The van der Waals surface area contributed by atoms with Gasteiger partial charge in [-0.3, -0.25) is 9.59 Å². The van der Waals surface area contributed by atoms with Crippen LogP contribution in [0.5, 0.6) is 0 Å². The molecule has 0 atom stereocenters. The first-order chi connectivity index (χ1) is 10.3. The van der Waals surface area contributed by atoms with E-state index in [1.807, 2.05) is 0 Å². The van der Waals surface area contributed by atoms with Crippen LogP contribution in [0.15, 0.2) is 29.2 Å². The van der Waals surface area contributed by atoms with Crippen LogP contribution in [0.3, 0.4) is 0 Å². The average Bonchev–Trinajstić information content (AvgIpc) is 2.96. The van der Waals surface area contributed by atoms with Crippen molar-refractivity contribution < 1.29 is 23.1 Å². The van der Waals surface area contributed by atoms with Gasteiger partial charge in [-0.05, 0) is 37.1 Å². The van der Waals surface area contributed by atoms with Gasteiger partial charge in [0.1, 0.15) is 5.54 Å². The summed E-state index contributed by atoms with van der Waals surface area (Å²) < 4.78 is 27.1. The van der Waals surface area contributed by atoms with Gasteiger partial charge in [-0.2, -0.15) is 4.72 Å². The molecule has 1 amide bonds. The Morgan fingerprint density at radius 3 is 2.14 bits per heavy atom. The Hall–Kier alpha value is -1.93. The fraction of sp³-hybridized carbons (Fsp3) is 0.429. The van der Waals surface area contributed by atoms with Gasteiger partial charge < -0.3 is 10.4 Å². The number of carboxylic acids is 1. The van der Waals surface area contributed by atoms with Gasteiger partial charge in [-0.1, -0.05) is 12.8 Å². The van der Waals surface area contributed by atoms with Gasteiger partial charge in [0.25, 0.3) is 5.91 Å². The van der Waals surface area contributed by atoms with E-state index in [1.54, 1.807) is 0 Å². The summed E-state index contributed by atoms with van der Waals surface area (Å²) in [6, 6.07) is 5.35. The Bertz CT molecular complexity index is 676. The van der Waals surface area contributed by atoms with Crippen molar-refractivity contribution in [2.45, 2.75) is 36.1 Å². The first-order valence-corrected chi connectivity index (χ1v) is 8.39. The van der Waals surface area contributed by atoms with E-state index >= 15 is 0 Å². The van der Waals surface area contributed by atoms with Gasteiger partial charge in [0, 0.05) is 12.6 Å². The van der Waals surface area contributed by atoms with Crippen molar-refractivity contribution in [3.05, 3.63) is 29.8 Å². The topological polar surface area (TPSA) is 113 Å². The smallest absolute Gasteiger partial charge is 0.324 e. The molecule has 1 saturated carbocycles. The molecule has 1 aliphatic carbocycles. The van der Waals surface area contributed by atoms with Crippen molar-refractivity contribution >= 4 is 21.9 Å². The number of hydrogen-bond acceptors (Lipinski definition) is 4. The largest absolute Gasteiger partial charge is 0.480 e. The van der Waals surface area contributed by atoms with Gasteiger partial charge in [0.05, 0.1) is 4.90 Å². The Labute approximate surface area is 128 Å². The number of nitrogens with one attached hydrogen (secondary N) is 2. The maximum absolute atomic E-state index is 12.4. The minimum absolute atomic E-state index is 0.0623. The fourth-order valence-electron chi connectivity index (χ4n) is 2.58. The first-order valence-electron chi connectivity index (χ1n) is 6.90. The molecule has 1 aromatic rings. The third-order valence-electron chi connectivity index (χ3n) is 3.85. The van der Waals surface area contributed by atoms with E-state index in [2.05, 4.69) is 10.0 Å². The number of carbonyl (C=O) groups is 2. The molecule has 1 aromatic carbocycles. The van der Waals surface area contributed by atoms with Crippen LogP contribution in [0.1, 0.15) is 36.0 Å². The van der Waals surface area contributed by atoms with Gasteiger partial charge in [-0.25, -0.2) is 8.42 Å². The Kier molecular flexibility index (Phi) is 4.52. The van der Waals surface area contributed by atoms with Crippen LogP contribution in [0, 0.1) is 0 Å². The van der Waals surface area contributed by atoms with Crippen molar-refractivity contribution in [3.8, 4) is 0 Å². The second kappa shape index (κ2) is 6.05. The van der Waals surface area contributed by atoms with Gasteiger partial charge in [0.15, 0.2) is 0 Å². The summed E-state index contributed by atoms with van der Waals surface area (Å²) in [5.74, 6) is -1.48.